The van der Waals surface area contributed by atoms with Crippen LogP contribution in [-0.4, -0.2) is 40.1 Å². The van der Waals surface area contributed by atoms with E-state index in [0.717, 1.165) is 25.9 Å². The molecule has 1 aromatic rings. The Bertz CT molecular complexity index is 417. The Morgan fingerprint density at radius 1 is 1.44 bits per heavy atom. The second kappa shape index (κ2) is 4.26. The van der Waals surface area contributed by atoms with E-state index in [1.165, 1.54) is 19.2 Å². The summed E-state index contributed by atoms with van der Waals surface area (Å²) in [6.45, 7) is 3.59. The van der Waals surface area contributed by atoms with Crippen molar-refractivity contribution in [2.45, 2.75) is 38.6 Å². The van der Waals surface area contributed by atoms with Crippen LogP contribution < -0.4 is 5.32 Å². The molecule has 1 aliphatic heterocycles. The molecule has 0 aromatic carbocycles. The molecule has 1 saturated carbocycles. The lowest BCUT2D eigenvalue weighted by Crippen LogP contribution is -2.45. The van der Waals surface area contributed by atoms with Crippen LogP contribution in [0, 0.1) is 5.41 Å². The number of aromatic nitrogens is 2. The van der Waals surface area contributed by atoms with Crippen LogP contribution in [0.4, 0.5) is 6.01 Å². The van der Waals surface area contributed by atoms with Crippen molar-refractivity contribution >= 4 is 11.9 Å². The minimum atomic E-state index is -0.321. The Labute approximate surface area is 106 Å². The zero-order valence-corrected chi connectivity index (χ0v) is 10.6. The summed E-state index contributed by atoms with van der Waals surface area (Å²) in [5.74, 6) is 0.115. The Kier molecular flexibility index (Phi) is 2.72. The lowest BCUT2D eigenvalue weighted by Gasteiger charge is -2.33. The maximum Gasteiger partial charge on any atom is 0.315 e. The molecule has 6 nitrogen and oxygen atoms in total. The molecule has 3 rings (SSSR count). The molecule has 1 aromatic heterocycles. The Morgan fingerprint density at radius 2 is 2.17 bits per heavy atom. The highest BCUT2D eigenvalue weighted by atomic mass is 16.4. The van der Waals surface area contributed by atoms with E-state index < -0.39 is 0 Å². The van der Waals surface area contributed by atoms with Gasteiger partial charge in [0, 0.05) is 13.1 Å². The summed E-state index contributed by atoms with van der Waals surface area (Å²) < 4.78 is 4.98. The molecule has 1 amide bonds. The van der Waals surface area contributed by atoms with Crippen molar-refractivity contribution in [2.75, 3.05) is 18.4 Å². The van der Waals surface area contributed by atoms with Gasteiger partial charge >= 0.3 is 6.01 Å². The van der Waals surface area contributed by atoms with Gasteiger partial charge in [0.25, 0.3) is 0 Å². The molecule has 0 radical (unpaired) electrons. The van der Waals surface area contributed by atoms with Crippen LogP contribution in [0.1, 0.15) is 32.6 Å². The third-order valence-electron chi connectivity index (χ3n) is 4.16. The summed E-state index contributed by atoms with van der Waals surface area (Å²) >= 11 is 0. The van der Waals surface area contributed by atoms with Crippen LogP contribution in [0.25, 0.3) is 0 Å². The number of carbonyl (C=O) groups is 1. The number of nitrogens with zero attached hydrogens (tertiary/aromatic N) is 3. The van der Waals surface area contributed by atoms with E-state index in [9.17, 15) is 4.79 Å². The van der Waals surface area contributed by atoms with E-state index in [1.807, 2.05) is 11.8 Å². The monoisotopic (exact) mass is 250 g/mol. The molecular formula is C12H18N4O2. The first-order valence-corrected chi connectivity index (χ1v) is 6.50. The van der Waals surface area contributed by atoms with Gasteiger partial charge in [-0.05, 0) is 38.0 Å². The number of anilines is 1. The van der Waals surface area contributed by atoms with Crippen molar-refractivity contribution < 1.29 is 9.21 Å². The lowest BCUT2D eigenvalue weighted by atomic mass is 9.93. The second-order valence-corrected chi connectivity index (χ2v) is 5.44. The molecule has 0 bridgehead atoms. The number of nitrogens with one attached hydrogen (secondary N) is 1. The standard InChI is InChI=1S/C12H18N4O2/c1-9(14-11-15-13-8-18-11)10(17)16-6-4-12(2-3-12)5-7-16/h8-9H,2-7H2,1H3,(H,14,15)/t9-/m0/s1. The summed E-state index contributed by atoms with van der Waals surface area (Å²) in [4.78, 5) is 14.2. The maximum absolute atomic E-state index is 12.2. The van der Waals surface area contributed by atoms with Gasteiger partial charge in [0.15, 0.2) is 0 Å². The molecule has 18 heavy (non-hydrogen) atoms. The van der Waals surface area contributed by atoms with Gasteiger partial charge < -0.3 is 14.6 Å². The Hall–Kier alpha value is -1.59. The fraction of sp³-hybridized carbons (Fsp3) is 0.750. The van der Waals surface area contributed by atoms with E-state index >= 15 is 0 Å². The van der Waals surface area contributed by atoms with Crippen molar-refractivity contribution in [3.8, 4) is 0 Å². The second-order valence-electron chi connectivity index (χ2n) is 5.44. The summed E-state index contributed by atoms with van der Waals surface area (Å²) in [6.07, 6.45) is 6.27. The van der Waals surface area contributed by atoms with E-state index in [1.54, 1.807) is 0 Å². The molecule has 2 fully saturated rings. The highest BCUT2D eigenvalue weighted by molar-refractivity contribution is 5.83. The van der Waals surface area contributed by atoms with Crippen LogP contribution in [0.15, 0.2) is 10.8 Å². The van der Waals surface area contributed by atoms with Crippen molar-refractivity contribution in [3.05, 3.63) is 6.39 Å². The molecule has 1 saturated heterocycles. The number of carbonyl (C=O) groups excluding carboxylic acids is 1. The zero-order chi connectivity index (χ0) is 12.6. The molecule has 1 N–H and O–H groups in total. The first kappa shape index (κ1) is 11.5. The SMILES string of the molecule is C[C@H](Nc1nnco1)C(=O)N1CCC2(CC1)CC2. The fourth-order valence-corrected chi connectivity index (χ4v) is 2.63. The van der Waals surface area contributed by atoms with Gasteiger partial charge in [-0.2, -0.15) is 0 Å². The molecule has 2 heterocycles. The van der Waals surface area contributed by atoms with Crippen LogP contribution in [-0.2, 0) is 4.79 Å². The average Bonchev–Trinajstić information content (AvgIpc) is 2.93. The molecule has 1 atom stereocenters. The number of hydrogen-bond acceptors (Lipinski definition) is 5. The highest BCUT2D eigenvalue weighted by Crippen LogP contribution is 2.53. The number of piperidine rings is 1. The van der Waals surface area contributed by atoms with E-state index in [2.05, 4.69) is 15.5 Å². The topological polar surface area (TPSA) is 71.3 Å². The third-order valence-corrected chi connectivity index (χ3v) is 4.16. The Morgan fingerprint density at radius 3 is 2.72 bits per heavy atom. The molecule has 6 heteroatoms. The van der Waals surface area contributed by atoms with Gasteiger partial charge in [0.1, 0.15) is 6.04 Å². The first-order valence-electron chi connectivity index (χ1n) is 6.50. The zero-order valence-electron chi connectivity index (χ0n) is 10.6. The molecule has 0 unspecified atom stereocenters. The highest BCUT2D eigenvalue weighted by Gasteiger charge is 2.45. The quantitative estimate of drug-likeness (QED) is 0.874. The van der Waals surface area contributed by atoms with Gasteiger partial charge in [-0.25, -0.2) is 0 Å². The molecule has 2 aliphatic rings. The molecule has 1 spiro atoms. The summed E-state index contributed by atoms with van der Waals surface area (Å²) in [7, 11) is 0. The predicted octanol–water partition coefficient (Wildman–Crippen LogP) is 1.27. The predicted molar refractivity (Wildman–Crippen MR) is 64.9 cm³/mol. The summed E-state index contributed by atoms with van der Waals surface area (Å²) in [5.41, 5.74) is 0.597. The normalized spacial score (nSPS) is 22.8. The van der Waals surface area contributed by atoms with Gasteiger partial charge in [-0.3, -0.25) is 4.79 Å². The van der Waals surface area contributed by atoms with Crippen molar-refractivity contribution in [2.24, 2.45) is 5.41 Å². The van der Waals surface area contributed by atoms with E-state index in [-0.39, 0.29) is 11.9 Å². The average molecular weight is 250 g/mol. The van der Waals surface area contributed by atoms with Crippen molar-refractivity contribution in [1.29, 1.82) is 0 Å². The van der Waals surface area contributed by atoms with Crippen molar-refractivity contribution in [3.63, 3.8) is 0 Å². The number of amides is 1. The fourth-order valence-electron chi connectivity index (χ4n) is 2.63. The van der Waals surface area contributed by atoms with Crippen LogP contribution in [0.3, 0.4) is 0 Å². The molecular weight excluding hydrogens is 232 g/mol. The van der Waals surface area contributed by atoms with E-state index in [4.69, 9.17) is 4.42 Å². The summed E-state index contributed by atoms with van der Waals surface area (Å²) in [5, 5.41) is 10.2. The van der Waals surface area contributed by atoms with Gasteiger partial charge in [0.2, 0.25) is 12.3 Å². The minimum Gasteiger partial charge on any atom is -0.411 e. The number of likely N-dealkylation sites (tertiary alicyclic amines) is 1. The minimum absolute atomic E-state index is 0.115. The van der Waals surface area contributed by atoms with Crippen LogP contribution in [0.5, 0.6) is 0 Å². The van der Waals surface area contributed by atoms with Crippen LogP contribution in [0.2, 0.25) is 0 Å². The maximum atomic E-state index is 12.2. The largest absolute Gasteiger partial charge is 0.411 e. The van der Waals surface area contributed by atoms with E-state index in [0.29, 0.717) is 11.4 Å². The smallest absolute Gasteiger partial charge is 0.315 e. The van der Waals surface area contributed by atoms with Gasteiger partial charge in [0.05, 0.1) is 0 Å². The van der Waals surface area contributed by atoms with Crippen LogP contribution >= 0.6 is 0 Å². The number of rotatable bonds is 3. The molecule has 98 valence electrons. The van der Waals surface area contributed by atoms with Gasteiger partial charge in [-0.1, -0.05) is 5.10 Å². The third kappa shape index (κ3) is 2.19. The lowest BCUT2D eigenvalue weighted by molar-refractivity contribution is -0.133. The first-order chi connectivity index (χ1) is 8.69. The Balaban J connectivity index is 1.54. The van der Waals surface area contributed by atoms with Crippen molar-refractivity contribution in [1.82, 2.24) is 15.1 Å². The molecule has 1 aliphatic carbocycles. The van der Waals surface area contributed by atoms with Gasteiger partial charge in [-0.15, -0.1) is 5.10 Å². The summed E-state index contributed by atoms with van der Waals surface area (Å²) in [6, 6.07) is -0.0229. The number of hydrogen-bond donors (Lipinski definition) is 1.